The summed E-state index contributed by atoms with van der Waals surface area (Å²) in [5, 5.41) is 24.6. The van der Waals surface area contributed by atoms with Gasteiger partial charge in [0.2, 0.25) is 0 Å². The first kappa shape index (κ1) is 19.7. The molecule has 2 atom stereocenters. The molecular formula is C23H21N9. The van der Waals surface area contributed by atoms with Crippen molar-refractivity contribution < 1.29 is 0 Å². The normalized spacial score (nSPS) is 16.7. The van der Waals surface area contributed by atoms with Crippen LogP contribution in [0.25, 0.3) is 22.3 Å². The van der Waals surface area contributed by atoms with Crippen molar-refractivity contribution in [2.45, 2.75) is 25.8 Å². The first-order chi connectivity index (χ1) is 15.7. The second-order valence-electron chi connectivity index (χ2n) is 8.06. The van der Waals surface area contributed by atoms with Gasteiger partial charge in [0.15, 0.2) is 0 Å². The molecule has 4 aromatic rings. The molecule has 4 aromatic heterocycles. The van der Waals surface area contributed by atoms with Crippen molar-refractivity contribution in [2.24, 2.45) is 5.92 Å². The van der Waals surface area contributed by atoms with E-state index in [-0.39, 0.29) is 12.0 Å². The molecule has 0 saturated carbocycles. The molecule has 0 aliphatic carbocycles. The van der Waals surface area contributed by atoms with Crippen LogP contribution in [0.15, 0.2) is 43.4 Å². The molecule has 1 saturated heterocycles. The van der Waals surface area contributed by atoms with E-state index < -0.39 is 0 Å². The maximum atomic E-state index is 9.59. The molecule has 0 spiro atoms. The van der Waals surface area contributed by atoms with Crippen LogP contribution in [-0.4, -0.2) is 42.8 Å². The number of aromatic amines is 1. The predicted octanol–water partition coefficient (Wildman–Crippen LogP) is 3.38. The van der Waals surface area contributed by atoms with Crippen LogP contribution in [0.5, 0.6) is 0 Å². The molecule has 0 unspecified atom stereocenters. The Balaban J connectivity index is 1.42. The van der Waals surface area contributed by atoms with Crippen LogP contribution in [0.1, 0.15) is 30.0 Å². The zero-order valence-corrected chi connectivity index (χ0v) is 17.6. The lowest BCUT2D eigenvalue weighted by molar-refractivity contribution is 0.332. The summed E-state index contributed by atoms with van der Waals surface area (Å²) >= 11 is 0. The monoisotopic (exact) mass is 423 g/mol. The van der Waals surface area contributed by atoms with Crippen LogP contribution in [0.2, 0.25) is 0 Å². The number of fused-ring (bicyclic) bond motifs is 1. The van der Waals surface area contributed by atoms with E-state index in [1.54, 1.807) is 18.6 Å². The van der Waals surface area contributed by atoms with E-state index in [2.05, 4.69) is 42.1 Å². The molecule has 0 radical (unpaired) electrons. The Bertz CT molecular complexity index is 1350. The average molecular weight is 423 g/mol. The topological polar surface area (TPSA) is 123 Å². The van der Waals surface area contributed by atoms with Gasteiger partial charge in [-0.25, -0.2) is 9.97 Å². The molecule has 5 rings (SSSR count). The highest BCUT2D eigenvalue weighted by molar-refractivity contribution is 5.89. The molecule has 0 amide bonds. The largest absolute Gasteiger partial charge is 0.369 e. The molecule has 5 heterocycles. The number of H-pyrrole nitrogens is 1. The second-order valence-corrected chi connectivity index (χ2v) is 8.06. The Labute approximate surface area is 185 Å². The summed E-state index contributed by atoms with van der Waals surface area (Å²) in [6, 6.07) is 6.53. The maximum absolute atomic E-state index is 9.59. The number of pyridine rings is 1. The molecular weight excluding hydrogens is 402 g/mol. The number of nitriles is 2. The fraction of sp³-hybridized carbons (Fsp3) is 0.304. The Morgan fingerprint density at radius 3 is 3.00 bits per heavy atom. The van der Waals surface area contributed by atoms with Gasteiger partial charge in [0.05, 0.1) is 47.9 Å². The third kappa shape index (κ3) is 3.34. The minimum absolute atomic E-state index is 0.0643. The lowest BCUT2D eigenvalue weighted by Crippen LogP contribution is -2.25. The van der Waals surface area contributed by atoms with Crippen LogP contribution in [0.4, 0.5) is 5.69 Å². The van der Waals surface area contributed by atoms with Crippen LogP contribution in [0, 0.1) is 35.5 Å². The number of nitrogens with one attached hydrogen (secondary N) is 1. The van der Waals surface area contributed by atoms with Gasteiger partial charge in [-0.05, 0) is 25.0 Å². The zero-order valence-electron chi connectivity index (χ0n) is 17.6. The Morgan fingerprint density at radius 2 is 2.16 bits per heavy atom. The smallest absolute Gasteiger partial charge is 0.141 e. The van der Waals surface area contributed by atoms with Crippen molar-refractivity contribution in [1.29, 1.82) is 10.5 Å². The third-order valence-electron chi connectivity index (χ3n) is 6.21. The number of hydrogen-bond donors (Lipinski definition) is 1. The van der Waals surface area contributed by atoms with E-state index in [4.69, 9.17) is 0 Å². The summed E-state index contributed by atoms with van der Waals surface area (Å²) in [4.78, 5) is 18.3. The number of nitrogens with zero attached hydrogens (tertiary/aromatic N) is 8. The highest BCUT2D eigenvalue weighted by atomic mass is 15.3. The zero-order chi connectivity index (χ0) is 22.1. The van der Waals surface area contributed by atoms with Gasteiger partial charge in [-0.1, -0.05) is 0 Å². The lowest BCUT2D eigenvalue weighted by atomic mass is 9.96. The van der Waals surface area contributed by atoms with Crippen LogP contribution in [-0.2, 0) is 0 Å². The van der Waals surface area contributed by atoms with E-state index in [0.717, 1.165) is 53.1 Å². The molecule has 9 nitrogen and oxygen atoms in total. The molecule has 0 aromatic carbocycles. The van der Waals surface area contributed by atoms with Gasteiger partial charge in [-0.15, -0.1) is 0 Å². The van der Waals surface area contributed by atoms with Gasteiger partial charge in [0.25, 0.3) is 0 Å². The molecule has 158 valence electrons. The quantitative estimate of drug-likeness (QED) is 0.522. The minimum atomic E-state index is -0.0643. The van der Waals surface area contributed by atoms with Crippen molar-refractivity contribution in [1.82, 2.24) is 29.7 Å². The molecule has 1 fully saturated rings. The summed E-state index contributed by atoms with van der Waals surface area (Å²) in [7, 11) is 0. The standard InChI is InChI=1S/C23H21N9/c1-15-9-26-11-21(19(15)8-25)31-7-4-16(12-31)20(2-5-24)32-13-17(10-30-32)22-18-3-6-27-23(18)29-14-28-22/h3,6,9-11,13-14,16,20H,2,4,7,12H2,1H3,(H,27,28,29)/t16-,20-/m0/s1. The number of aryl methyl sites for hydroxylation is 1. The average Bonchev–Trinajstić information content (AvgIpc) is 3.57. The van der Waals surface area contributed by atoms with Crippen molar-refractivity contribution in [2.75, 3.05) is 18.0 Å². The van der Waals surface area contributed by atoms with E-state index >= 15 is 0 Å². The molecule has 1 N–H and O–H groups in total. The van der Waals surface area contributed by atoms with E-state index in [1.807, 2.05) is 30.1 Å². The fourth-order valence-electron chi connectivity index (χ4n) is 4.57. The van der Waals surface area contributed by atoms with E-state index in [9.17, 15) is 10.5 Å². The highest BCUT2D eigenvalue weighted by Crippen LogP contribution is 2.35. The van der Waals surface area contributed by atoms with Crippen LogP contribution >= 0.6 is 0 Å². The first-order valence-electron chi connectivity index (χ1n) is 10.5. The van der Waals surface area contributed by atoms with Crippen LogP contribution < -0.4 is 4.90 Å². The highest BCUT2D eigenvalue weighted by Gasteiger charge is 2.32. The van der Waals surface area contributed by atoms with Crippen molar-refractivity contribution in [3.63, 3.8) is 0 Å². The van der Waals surface area contributed by atoms with Crippen molar-refractivity contribution in [3.05, 3.63) is 54.5 Å². The summed E-state index contributed by atoms with van der Waals surface area (Å²) in [5.41, 5.74) is 4.89. The fourth-order valence-corrected chi connectivity index (χ4v) is 4.57. The third-order valence-corrected chi connectivity index (χ3v) is 6.21. The number of anilines is 1. The van der Waals surface area contributed by atoms with Crippen molar-refractivity contribution in [3.8, 4) is 23.4 Å². The van der Waals surface area contributed by atoms with Crippen LogP contribution in [0.3, 0.4) is 0 Å². The Kier molecular flexibility index (Phi) is 5.00. The summed E-state index contributed by atoms with van der Waals surface area (Å²) in [6.07, 6.45) is 11.9. The Morgan fingerprint density at radius 1 is 1.25 bits per heavy atom. The summed E-state index contributed by atoms with van der Waals surface area (Å²) in [6.45, 7) is 3.47. The first-order valence-corrected chi connectivity index (χ1v) is 10.5. The SMILES string of the molecule is Cc1cncc(N2CC[C@H]([C@H](CC#N)n3cc(-c4ncnc5[nH]ccc45)cn3)C2)c1C#N. The van der Waals surface area contributed by atoms with E-state index in [0.29, 0.717) is 12.0 Å². The lowest BCUT2D eigenvalue weighted by Gasteiger charge is -2.24. The van der Waals surface area contributed by atoms with Gasteiger partial charge < -0.3 is 9.88 Å². The maximum Gasteiger partial charge on any atom is 0.141 e. The predicted molar refractivity (Wildman–Crippen MR) is 118 cm³/mol. The molecule has 0 bridgehead atoms. The van der Waals surface area contributed by atoms with E-state index in [1.165, 1.54) is 6.33 Å². The molecule has 9 heteroatoms. The van der Waals surface area contributed by atoms with Gasteiger partial charge in [-0.2, -0.15) is 15.6 Å². The number of rotatable bonds is 5. The second kappa shape index (κ2) is 8.12. The molecule has 1 aliphatic heterocycles. The summed E-state index contributed by atoms with van der Waals surface area (Å²) in [5.74, 6) is 0.229. The van der Waals surface area contributed by atoms with Gasteiger partial charge in [0, 0.05) is 48.5 Å². The minimum Gasteiger partial charge on any atom is -0.369 e. The van der Waals surface area contributed by atoms with Gasteiger partial charge in [0.1, 0.15) is 18.0 Å². The Hall–Kier alpha value is -4.24. The summed E-state index contributed by atoms with van der Waals surface area (Å²) < 4.78 is 1.90. The number of aromatic nitrogens is 6. The van der Waals surface area contributed by atoms with Gasteiger partial charge in [-0.3, -0.25) is 9.67 Å². The van der Waals surface area contributed by atoms with Crippen molar-refractivity contribution >= 4 is 16.7 Å². The van der Waals surface area contributed by atoms with Gasteiger partial charge >= 0.3 is 0 Å². The molecule has 32 heavy (non-hydrogen) atoms. The number of hydrogen-bond acceptors (Lipinski definition) is 7. The molecule has 1 aliphatic rings.